The number of carbonyl (C=O) groups excluding carboxylic acids is 1. The molecular formula is C16H13BrF3N3O3. The number of nitrogens with zero attached hydrogens (tertiary/aromatic N) is 1. The van der Waals surface area contributed by atoms with Crippen LogP contribution in [0.1, 0.15) is 15.9 Å². The van der Waals surface area contributed by atoms with E-state index in [-0.39, 0.29) is 24.7 Å². The van der Waals surface area contributed by atoms with Gasteiger partial charge in [0.1, 0.15) is 0 Å². The van der Waals surface area contributed by atoms with Gasteiger partial charge in [-0.3, -0.25) is 14.9 Å². The van der Waals surface area contributed by atoms with Crippen LogP contribution in [0.4, 0.5) is 24.5 Å². The van der Waals surface area contributed by atoms with E-state index in [0.717, 1.165) is 16.6 Å². The molecule has 2 rings (SSSR count). The van der Waals surface area contributed by atoms with Gasteiger partial charge in [0.05, 0.1) is 10.5 Å². The van der Waals surface area contributed by atoms with Crippen molar-refractivity contribution < 1.29 is 22.9 Å². The molecule has 6 nitrogen and oxygen atoms in total. The van der Waals surface area contributed by atoms with E-state index >= 15 is 0 Å². The summed E-state index contributed by atoms with van der Waals surface area (Å²) in [7, 11) is 0. The fourth-order valence-electron chi connectivity index (χ4n) is 2.14. The van der Waals surface area contributed by atoms with Crippen molar-refractivity contribution in [3.63, 3.8) is 0 Å². The van der Waals surface area contributed by atoms with E-state index in [1.165, 1.54) is 0 Å². The molecule has 0 atom stereocenters. The van der Waals surface area contributed by atoms with Crippen LogP contribution in [0, 0.1) is 10.1 Å². The Hall–Kier alpha value is -2.62. The summed E-state index contributed by atoms with van der Waals surface area (Å²) in [6.45, 7) is 0.0836. The monoisotopic (exact) mass is 431 g/mol. The van der Waals surface area contributed by atoms with Crippen LogP contribution in [0.25, 0.3) is 0 Å². The average Bonchev–Trinajstić information content (AvgIpc) is 2.57. The Bertz CT molecular complexity index is 828. The van der Waals surface area contributed by atoms with Crippen molar-refractivity contribution in [1.82, 2.24) is 5.32 Å². The molecule has 10 heteroatoms. The first-order chi connectivity index (χ1) is 12.2. The van der Waals surface area contributed by atoms with E-state index in [1.807, 2.05) is 0 Å². The molecule has 0 aliphatic heterocycles. The standard InChI is InChI=1S/C16H13BrF3N3O3/c17-11-3-1-2-10(8-11)15(24)22-7-6-21-14-5-4-12(23(25)26)9-13(14)16(18,19)20/h1-5,8-9,21H,6-7H2,(H,22,24). The van der Waals surface area contributed by atoms with E-state index in [2.05, 4.69) is 26.6 Å². The van der Waals surface area contributed by atoms with Gasteiger partial charge in [-0.05, 0) is 24.3 Å². The topological polar surface area (TPSA) is 84.3 Å². The molecular weight excluding hydrogens is 419 g/mol. The summed E-state index contributed by atoms with van der Waals surface area (Å²) in [5.74, 6) is -0.368. The number of nitro benzene ring substituents is 1. The number of rotatable bonds is 6. The van der Waals surface area contributed by atoms with Gasteiger partial charge < -0.3 is 10.6 Å². The van der Waals surface area contributed by atoms with Gasteiger partial charge in [0.15, 0.2) is 0 Å². The number of non-ortho nitro benzene ring substituents is 1. The molecule has 26 heavy (non-hydrogen) atoms. The molecule has 0 unspecified atom stereocenters. The Balaban J connectivity index is 1.99. The molecule has 0 aliphatic rings. The summed E-state index contributed by atoms with van der Waals surface area (Å²) >= 11 is 3.24. The van der Waals surface area contributed by atoms with Crippen molar-refractivity contribution in [2.24, 2.45) is 0 Å². The largest absolute Gasteiger partial charge is 0.418 e. The van der Waals surface area contributed by atoms with Crippen LogP contribution >= 0.6 is 15.9 Å². The minimum absolute atomic E-state index is 0.0145. The van der Waals surface area contributed by atoms with Crippen molar-refractivity contribution in [1.29, 1.82) is 0 Å². The number of carbonyl (C=O) groups is 1. The lowest BCUT2D eigenvalue weighted by Crippen LogP contribution is -2.29. The molecule has 0 aliphatic carbocycles. The zero-order valence-corrected chi connectivity index (χ0v) is 14.7. The van der Waals surface area contributed by atoms with Gasteiger partial charge >= 0.3 is 6.18 Å². The van der Waals surface area contributed by atoms with E-state index < -0.39 is 22.4 Å². The highest BCUT2D eigenvalue weighted by atomic mass is 79.9. The number of benzene rings is 2. The van der Waals surface area contributed by atoms with Crippen LogP contribution in [0.5, 0.6) is 0 Å². The van der Waals surface area contributed by atoms with Crippen molar-refractivity contribution in [2.45, 2.75) is 6.18 Å². The molecule has 0 fully saturated rings. The number of nitro groups is 1. The minimum Gasteiger partial charge on any atom is -0.383 e. The van der Waals surface area contributed by atoms with Crippen molar-refractivity contribution in [3.8, 4) is 0 Å². The Kier molecular flexibility index (Phi) is 6.19. The number of alkyl halides is 3. The lowest BCUT2D eigenvalue weighted by Gasteiger charge is -2.14. The van der Waals surface area contributed by atoms with Gasteiger partial charge in [0.25, 0.3) is 11.6 Å². The van der Waals surface area contributed by atoms with Crippen LogP contribution in [0.15, 0.2) is 46.9 Å². The quantitative estimate of drug-likeness (QED) is 0.407. The minimum atomic E-state index is -4.74. The third-order valence-electron chi connectivity index (χ3n) is 3.33. The summed E-state index contributed by atoms with van der Waals surface area (Å²) < 4.78 is 39.9. The van der Waals surface area contributed by atoms with Crippen molar-refractivity contribution >= 4 is 33.2 Å². The highest BCUT2D eigenvalue weighted by molar-refractivity contribution is 9.10. The lowest BCUT2D eigenvalue weighted by atomic mass is 10.1. The smallest absolute Gasteiger partial charge is 0.383 e. The zero-order chi connectivity index (χ0) is 19.3. The van der Waals surface area contributed by atoms with E-state index in [4.69, 9.17) is 0 Å². The van der Waals surface area contributed by atoms with Crippen LogP contribution < -0.4 is 10.6 Å². The Labute approximate surface area is 154 Å². The molecule has 2 aromatic rings. The second-order valence-electron chi connectivity index (χ2n) is 5.18. The number of amides is 1. The van der Waals surface area contributed by atoms with Crippen molar-refractivity contribution in [3.05, 3.63) is 68.2 Å². The maximum absolute atomic E-state index is 13.1. The summed E-state index contributed by atoms with van der Waals surface area (Å²) in [6.07, 6.45) is -4.74. The van der Waals surface area contributed by atoms with Gasteiger partial charge in [-0.25, -0.2) is 0 Å². The first kappa shape index (κ1) is 19.7. The molecule has 0 radical (unpaired) electrons. The number of hydrogen-bond donors (Lipinski definition) is 2. The van der Waals surface area contributed by atoms with E-state index in [0.29, 0.717) is 11.6 Å². The van der Waals surface area contributed by atoms with E-state index in [1.54, 1.807) is 24.3 Å². The molecule has 138 valence electrons. The molecule has 0 aromatic heterocycles. The normalized spacial score (nSPS) is 11.1. The lowest BCUT2D eigenvalue weighted by molar-refractivity contribution is -0.385. The maximum atomic E-state index is 13.1. The van der Waals surface area contributed by atoms with Gasteiger partial charge in [0.2, 0.25) is 0 Å². The maximum Gasteiger partial charge on any atom is 0.418 e. The van der Waals surface area contributed by atoms with Gasteiger partial charge in [-0.15, -0.1) is 0 Å². The fourth-order valence-corrected chi connectivity index (χ4v) is 2.54. The number of anilines is 1. The van der Waals surface area contributed by atoms with Gasteiger partial charge in [-0.2, -0.15) is 13.2 Å². The summed E-state index contributed by atoms with van der Waals surface area (Å²) in [6, 6.07) is 9.11. The van der Waals surface area contributed by atoms with E-state index in [9.17, 15) is 28.1 Å². The Morgan fingerprint density at radius 1 is 1.15 bits per heavy atom. The predicted octanol–water partition coefficient (Wildman–Crippen LogP) is 4.22. The van der Waals surface area contributed by atoms with Crippen LogP contribution in [-0.4, -0.2) is 23.9 Å². The first-order valence-corrected chi connectivity index (χ1v) is 8.11. The second-order valence-corrected chi connectivity index (χ2v) is 6.09. The number of halogens is 4. The van der Waals surface area contributed by atoms with Gasteiger partial charge in [0, 0.05) is 40.9 Å². The molecule has 0 heterocycles. The first-order valence-electron chi connectivity index (χ1n) is 7.32. The molecule has 0 spiro atoms. The molecule has 0 saturated heterocycles. The second kappa shape index (κ2) is 8.17. The van der Waals surface area contributed by atoms with Crippen LogP contribution in [-0.2, 0) is 6.18 Å². The average molecular weight is 432 g/mol. The Morgan fingerprint density at radius 3 is 2.50 bits per heavy atom. The molecule has 1 amide bonds. The Morgan fingerprint density at radius 2 is 1.88 bits per heavy atom. The summed E-state index contributed by atoms with van der Waals surface area (Å²) in [5, 5.41) is 15.8. The van der Waals surface area contributed by atoms with Crippen LogP contribution in [0.3, 0.4) is 0 Å². The zero-order valence-electron chi connectivity index (χ0n) is 13.1. The SMILES string of the molecule is O=C(NCCNc1ccc([N+](=O)[O-])cc1C(F)(F)F)c1cccc(Br)c1. The van der Waals surface area contributed by atoms with Gasteiger partial charge in [-0.1, -0.05) is 22.0 Å². The highest BCUT2D eigenvalue weighted by Crippen LogP contribution is 2.36. The number of hydrogen-bond acceptors (Lipinski definition) is 4. The highest BCUT2D eigenvalue weighted by Gasteiger charge is 2.35. The predicted molar refractivity (Wildman–Crippen MR) is 93.1 cm³/mol. The fraction of sp³-hybridized carbons (Fsp3) is 0.188. The summed E-state index contributed by atoms with van der Waals surface area (Å²) in [4.78, 5) is 21.7. The number of nitrogens with one attached hydrogen (secondary N) is 2. The van der Waals surface area contributed by atoms with Crippen LogP contribution in [0.2, 0.25) is 0 Å². The van der Waals surface area contributed by atoms with Crippen molar-refractivity contribution in [2.75, 3.05) is 18.4 Å². The third-order valence-corrected chi connectivity index (χ3v) is 3.83. The summed E-state index contributed by atoms with van der Waals surface area (Å²) in [5.41, 5.74) is -1.67. The molecule has 2 N–H and O–H groups in total. The molecule has 2 aromatic carbocycles. The molecule has 0 bridgehead atoms. The third kappa shape index (κ3) is 5.19. The molecule has 0 saturated carbocycles.